The van der Waals surface area contributed by atoms with Crippen molar-refractivity contribution in [1.82, 2.24) is 9.88 Å². The van der Waals surface area contributed by atoms with Crippen LogP contribution in [-0.2, 0) is 4.79 Å². The summed E-state index contributed by atoms with van der Waals surface area (Å²) in [5.41, 5.74) is 2.54. The summed E-state index contributed by atoms with van der Waals surface area (Å²) < 4.78 is 10.8. The molecule has 5 nitrogen and oxygen atoms in total. The minimum absolute atomic E-state index is 0.0372. The van der Waals surface area contributed by atoms with Crippen LogP contribution < -0.4 is 9.47 Å². The number of ether oxygens (including phenoxy) is 2. The van der Waals surface area contributed by atoms with Gasteiger partial charge in [-0.3, -0.25) is 4.79 Å². The average Bonchev–Trinajstić information content (AvgIpc) is 3.16. The van der Waals surface area contributed by atoms with Crippen LogP contribution in [0.2, 0.25) is 0 Å². The lowest BCUT2D eigenvalue weighted by molar-refractivity contribution is -0.134. The Hall–Kier alpha value is -2.95. The minimum Gasteiger partial charge on any atom is -0.497 e. The summed E-state index contributed by atoms with van der Waals surface area (Å²) in [6.07, 6.45) is 4.08. The predicted octanol–water partition coefficient (Wildman–Crippen LogP) is 3.96. The summed E-state index contributed by atoms with van der Waals surface area (Å²) in [6.45, 7) is 1.60. The summed E-state index contributed by atoms with van der Waals surface area (Å²) >= 11 is 0. The van der Waals surface area contributed by atoms with Crippen molar-refractivity contribution in [3.8, 4) is 11.5 Å². The van der Waals surface area contributed by atoms with E-state index < -0.39 is 0 Å². The molecule has 140 valence electrons. The first-order valence-corrected chi connectivity index (χ1v) is 9.35. The van der Waals surface area contributed by atoms with E-state index >= 15 is 0 Å². The number of hydrogen-bond acceptors (Lipinski definition) is 3. The van der Waals surface area contributed by atoms with Crippen molar-refractivity contribution in [1.29, 1.82) is 0 Å². The lowest BCUT2D eigenvalue weighted by Gasteiger charge is -2.32. The van der Waals surface area contributed by atoms with Crippen LogP contribution in [0, 0.1) is 0 Å². The number of fused-ring (bicyclic) bond motifs is 1. The molecule has 0 bridgehead atoms. The van der Waals surface area contributed by atoms with Gasteiger partial charge < -0.3 is 19.4 Å². The quantitative estimate of drug-likeness (QED) is 0.745. The van der Waals surface area contributed by atoms with Gasteiger partial charge in [-0.05, 0) is 42.5 Å². The molecule has 0 aliphatic carbocycles. The topological polar surface area (TPSA) is 54.6 Å². The Balaban J connectivity index is 1.32. The Labute approximate surface area is 158 Å². The Kier molecular flexibility index (Phi) is 5.01. The summed E-state index contributed by atoms with van der Waals surface area (Å²) in [5.74, 6) is 1.90. The van der Waals surface area contributed by atoms with E-state index in [4.69, 9.17) is 9.47 Å². The van der Waals surface area contributed by atoms with Crippen LogP contribution in [0.4, 0.5) is 0 Å². The van der Waals surface area contributed by atoms with Crippen LogP contribution in [0.5, 0.6) is 11.5 Å². The molecular formula is C22H24N2O3. The van der Waals surface area contributed by atoms with Crippen molar-refractivity contribution < 1.29 is 14.3 Å². The van der Waals surface area contributed by atoms with Gasteiger partial charge in [-0.15, -0.1) is 0 Å². The summed E-state index contributed by atoms with van der Waals surface area (Å²) in [6, 6.07) is 15.7. The molecule has 0 atom stereocenters. The lowest BCUT2D eigenvalue weighted by Crippen LogP contribution is -2.40. The highest BCUT2D eigenvalue weighted by Gasteiger charge is 2.25. The zero-order valence-electron chi connectivity index (χ0n) is 15.5. The van der Waals surface area contributed by atoms with E-state index in [2.05, 4.69) is 29.4 Å². The largest absolute Gasteiger partial charge is 0.497 e. The number of benzene rings is 2. The number of H-pyrrole nitrogens is 1. The third kappa shape index (κ3) is 3.77. The standard InChI is InChI=1S/C22H24N2O3/c1-26-17-5-4-6-18(13-17)27-15-22(25)24-11-9-16(10-12-24)20-14-23-21-8-3-2-7-19(20)21/h2-8,13-14,16,23H,9-12,15H2,1H3. The highest BCUT2D eigenvalue weighted by atomic mass is 16.5. The first kappa shape index (κ1) is 17.5. The van der Waals surface area contributed by atoms with Crippen molar-refractivity contribution in [2.75, 3.05) is 26.8 Å². The van der Waals surface area contributed by atoms with E-state index in [9.17, 15) is 4.79 Å². The van der Waals surface area contributed by atoms with Gasteiger partial charge in [0.25, 0.3) is 5.91 Å². The van der Waals surface area contributed by atoms with Crippen molar-refractivity contribution in [2.24, 2.45) is 0 Å². The van der Waals surface area contributed by atoms with Crippen molar-refractivity contribution in [2.45, 2.75) is 18.8 Å². The number of para-hydroxylation sites is 1. The number of hydrogen-bond donors (Lipinski definition) is 1. The van der Waals surface area contributed by atoms with Gasteiger partial charge in [0.2, 0.25) is 0 Å². The molecule has 5 heteroatoms. The van der Waals surface area contributed by atoms with Gasteiger partial charge >= 0.3 is 0 Å². The smallest absolute Gasteiger partial charge is 0.260 e. The van der Waals surface area contributed by atoms with Gasteiger partial charge in [0, 0.05) is 36.3 Å². The minimum atomic E-state index is 0.0372. The van der Waals surface area contributed by atoms with Crippen LogP contribution in [-0.4, -0.2) is 42.6 Å². The SMILES string of the molecule is COc1cccc(OCC(=O)N2CCC(c3c[nH]c4ccccc34)CC2)c1. The third-order valence-corrected chi connectivity index (χ3v) is 5.31. The first-order chi connectivity index (χ1) is 13.2. The van der Waals surface area contributed by atoms with Crippen LogP contribution in [0.3, 0.4) is 0 Å². The van der Waals surface area contributed by atoms with Crippen LogP contribution in [0.1, 0.15) is 24.3 Å². The number of nitrogens with one attached hydrogen (secondary N) is 1. The molecule has 1 saturated heterocycles. The maximum Gasteiger partial charge on any atom is 0.260 e. The molecule has 0 saturated carbocycles. The molecule has 27 heavy (non-hydrogen) atoms. The van der Waals surface area contributed by atoms with E-state index in [0.717, 1.165) is 31.7 Å². The number of amides is 1. The number of carbonyl (C=O) groups excluding carboxylic acids is 1. The fourth-order valence-electron chi connectivity index (χ4n) is 3.80. The Bertz CT molecular complexity index is 926. The number of rotatable bonds is 5. The van der Waals surface area contributed by atoms with Crippen LogP contribution >= 0.6 is 0 Å². The number of methoxy groups -OCH3 is 1. The maximum absolute atomic E-state index is 12.5. The van der Waals surface area contributed by atoms with E-state index in [-0.39, 0.29) is 12.5 Å². The lowest BCUT2D eigenvalue weighted by atomic mass is 9.89. The summed E-state index contributed by atoms with van der Waals surface area (Å²) in [5, 5.41) is 1.30. The molecule has 3 aromatic rings. The number of aromatic nitrogens is 1. The molecule has 1 aliphatic rings. The van der Waals surface area contributed by atoms with Gasteiger partial charge in [0.15, 0.2) is 6.61 Å². The van der Waals surface area contributed by atoms with Crippen LogP contribution in [0.25, 0.3) is 10.9 Å². The zero-order valence-corrected chi connectivity index (χ0v) is 15.5. The number of nitrogens with zero attached hydrogens (tertiary/aromatic N) is 1. The molecule has 1 aromatic heterocycles. The molecule has 0 unspecified atom stereocenters. The third-order valence-electron chi connectivity index (χ3n) is 5.31. The van der Waals surface area contributed by atoms with Gasteiger partial charge in [-0.25, -0.2) is 0 Å². The van der Waals surface area contributed by atoms with Gasteiger partial charge in [-0.2, -0.15) is 0 Å². The normalized spacial score (nSPS) is 15.1. The second kappa shape index (κ2) is 7.74. The predicted molar refractivity (Wildman–Crippen MR) is 105 cm³/mol. The molecule has 4 rings (SSSR count). The van der Waals surface area contributed by atoms with Gasteiger partial charge in [0.1, 0.15) is 11.5 Å². The maximum atomic E-state index is 12.5. The van der Waals surface area contributed by atoms with Crippen LogP contribution in [0.15, 0.2) is 54.7 Å². The zero-order chi connectivity index (χ0) is 18.6. The fraction of sp³-hybridized carbons (Fsp3) is 0.318. The number of likely N-dealkylation sites (tertiary alicyclic amines) is 1. The molecule has 0 spiro atoms. The molecule has 1 N–H and O–H groups in total. The van der Waals surface area contributed by atoms with E-state index in [1.807, 2.05) is 29.2 Å². The second-order valence-corrected chi connectivity index (χ2v) is 6.91. The Morgan fingerprint density at radius 1 is 1.11 bits per heavy atom. The summed E-state index contributed by atoms with van der Waals surface area (Å²) in [7, 11) is 1.61. The molecule has 1 amide bonds. The molecule has 1 fully saturated rings. The number of aromatic amines is 1. The monoisotopic (exact) mass is 364 g/mol. The molecule has 1 aliphatic heterocycles. The molecule has 2 heterocycles. The number of carbonyl (C=O) groups is 1. The molecular weight excluding hydrogens is 340 g/mol. The first-order valence-electron chi connectivity index (χ1n) is 9.35. The second-order valence-electron chi connectivity index (χ2n) is 6.91. The fourth-order valence-corrected chi connectivity index (χ4v) is 3.80. The highest BCUT2D eigenvalue weighted by molar-refractivity contribution is 5.83. The Morgan fingerprint density at radius 2 is 1.89 bits per heavy atom. The average molecular weight is 364 g/mol. The van der Waals surface area contributed by atoms with Gasteiger partial charge in [0.05, 0.1) is 7.11 Å². The van der Waals surface area contributed by atoms with Crippen molar-refractivity contribution in [3.63, 3.8) is 0 Å². The Morgan fingerprint density at radius 3 is 2.70 bits per heavy atom. The summed E-state index contributed by atoms with van der Waals surface area (Å²) in [4.78, 5) is 17.8. The molecule has 2 aromatic carbocycles. The highest BCUT2D eigenvalue weighted by Crippen LogP contribution is 2.33. The van der Waals surface area contributed by atoms with Crippen molar-refractivity contribution >= 4 is 16.8 Å². The van der Waals surface area contributed by atoms with E-state index in [0.29, 0.717) is 11.7 Å². The molecule has 0 radical (unpaired) electrons. The van der Waals surface area contributed by atoms with E-state index in [1.54, 1.807) is 13.2 Å². The van der Waals surface area contributed by atoms with E-state index in [1.165, 1.54) is 16.5 Å². The van der Waals surface area contributed by atoms with Crippen molar-refractivity contribution in [3.05, 3.63) is 60.3 Å². The van der Waals surface area contributed by atoms with Gasteiger partial charge in [-0.1, -0.05) is 24.3 Å². The number of piperidine rings is 1.